The van der Waals surface area contributed by atoms with E-state index >= 15 is 0 Å². The van der Waals surface area contributed by atoms with Gasteiger partial charge in [0.15, 0.2) is 0 Å². The molecule has 0 aliphatic carbocycles. The molecule has 1 fully saturated rings. The van der Waals surface area contributed by atoms with Crippen molar-refractivity contribution in [2.24, 2.45) is 0 Å². The zero-order valence-corrected chi connectivity index (χ0v) is 11.4. The third-order valence-electron chi connectivity index (χ3n) is 4.12. The van der Waals surface area contributed by atoms with Crippen LogP contribution in [0.5, 0.6) is 0 Å². The quantitative estimate of drug-likeness (QED) is 0.710. The lowest BCUT2D eigenvalue weighted by atomic mass is 10.1. The molecule has 1 aliphatic heterocycles. The minimum atomic E-state index is 0.787. The van der Waals surface area contributed by atoms with Crippen molar-refractivity contribution in [3.8, 4) is 0 Å². The molecule has 1 aromatic carbocycles. The highest BCUT2D eigenvalue weighted by Crippen LogP contribution is 2.04. The molecule has 0 unspecified atom stereocenters. The van der Waals surface area contributed by atoms with E-state index in [4.69, 9.17) is 0 Å². The lowest BCUT2D eigenvalue weighted by Gasteiger charge is -2.32. The summed E-state index contributed by atoms with van der Waals surface area (Å²) in [5.41, 5.74) is 2.97. The van der Waals surface area contributed by atoms with Crippen molar-refractivity contribution in [1.82, 2.24) is 0 Å². The first-order valence-electron chi connectivity index (χ1n) is 6.89. The van der Waals surface area contributed by atoms with Crippen molar-refractivity contribution in [2.45, 2.75) is 33.4 Å². The summed E-state index contributed by atoms with van der Waals surface area (Å²) in [4.78, 5) is 3.53. The monoisotopic (exact) mass is 234 g/mol. The summed E-state index contributed by atoms with van der Waals surface area (Å²) in [6.07, 6.45) is 0. The summed E-state index contributed by atoms with van der Waals surface area (Å²) in [6.45, 7) is 13.4. The normalized spacial score (nSPS) is 25.2. The molecule has 0 radical (unpaired) electrons. The van der Waals surface area contributed by atoms with E-state index in [2.05, 4.69) is 45.0 Å². The van der Waals surface area contributed by atoms with Gasteiger partial charge in [0.05, 0.1) is 6.04 Å². The number of rotatable bonds is 3. The van der Waals surface area contributed by atoms with Crippen LogP contribution in [0.1, 0.15) is 25.0 Å². The lowest BCUT2D eigenvalue weighted by molar-refractivity contribution is -1.03. The minimum Gasteiger partial charge on any atom is -0.324 e. The van der Waals surface area contributed by atoms with Crippen molar-refractivity contribution >= 4 is 0 Å². The third-order valence-corrected chi connectivity index (χ3v) is 4.12. The number of aryl methyl sites for hydroxylation is 1. The highest BCUT2D eigenvalue weighted by Gasteiger charge is 2.24. The molecule has 2 N–H and O–H groups in total. The first-order chi connectivity index (χ1) is 8.16. The fourth-order valence-electron chi connectivity index (χ4n) is 2.76. The van der Waals surface area contributed by atoms with E-state index in [1.165, 1.54) is 43.9 Å². The Bertz CT molecular complexity index is 352. The summed E-state index contributed by atoms with van der Waals surface area (Å²) < 4.78 is 0. The van der Waals surface area contributed by atoms with Gasteiger partial charge in [-0.05, 0) is 26.3 Å². The molecule has 2 rings (SSSR count). The molecule has 1 heterocycles. The number of hydrogen-bond acceptors (Lipinski definition) is 0. The van der Waals surface area contributed by atoms with Crippen LogP contribution in [0, 0.1) is 6.92 Å². The Labute approximate surface area is 105 Å². The molecule has 0 saturated carbocycles. The maximum Gasteiger partial charge on any atom is 0.127 e. The summed E-state index contributed by atoms with van der Waals surface area (Å²) in [5, 5.41) is 0. The highest BCUT2D eigenvalue weighted by atomic mass is 15.3. The van der Waals surface area contributed by atoms with Gasteiger partial charge in [-0.2, -0.15) is 0 Å². The zero-order valence-electron chi connectivity index (χ0n) is 11.4. The van der Waals surface area contributed by atoms with Crippen LogP contribution >= 0.6 is 0 Å². The van der Waals surface area contributed by atoms with Crippen LogP contribution in [0.3, 0.4) is 0 Å². The predicted octanol–water partition coefficient (Wildman–Crippen LogP) is -0.313. The predicted molar refractivity (Wildman–Crippen MR) is 71.4 cm³/mol. The molecule has 1 aromatic rings. The summed E-state index contributed by atoms with van der Waals surface area (Å²) in [5.74, 6) is 0. The molecule has 1 saturated heterocycles. The minimum absolute atomic E-state index is 0.787. The van der Waals surface area contributed by atoms with Crippen LogP contribution in [0.2, 0.25) is 0 Å². The van der Waals surface area contributed by atoms with Crippen molar-refractivity contribution in [3.05, 3.63) is 35.4 Å². The van der Waals surface area contributed by atoms with Gasteiger partial charge in [-0.3, -0.25) is 0 Å². The van der Waals surface area contributed by atoms with Crippen LogP contribution in [0.15, 0.2) is 24.3 Å². The second-order valence-corrected chi connectivity index (χ2v) is 5.67. The topological polar surface area (TPSA) is 8.88 Å². The first kappa shape index (κ1) is 12.6. The van der Waals surface area contributed by atoms with E-state index in [9.17, 15) is 0 Å². The van der Waals surface area contributed by atoms with Gasteiger partial charge in [-0.1, -0.05) is 24.3 Å². The molecule has 0 atom stereocenters. The van der Waals surface area contributed by atoms with Crippen molar-refractivity contribution < 1.29 is 9.80 Å². The highest BCUT2D eigenvalue weighted by molar-refractivity contribution is 5.24. The van der Waals surface area contributed by atoms with E-state index in [1.807, 2.05) is 0 Å². The molecule has 17 heavy (non-hydrogen) atoms. The number of hydrogen-bond donors (Lipinski definition) is 2. The molecular weight excluding hydrogens is 208 g/mol. The molecule has 1 aliphatic rings. The fourth-order valence-corrected chi connectivity index (χ4v) is 2.76. The van der Waals surface area contributed by atoms with Gasteiger partial charge in [-0.25, -0.2) is 0 Å². The fraction of sp³-hybridized carbons (Fsp3) is 0.600. The van der Waals surface area contributed by atoms with Gasteiger partial charge in [0.2, 0.25) is 0 Å². The summed E-state index contributed by atoms with van der Waals surface area (Å²) in [7, 11) is 0. The Balaban J connectivity index is 1.88. The van der Waals surface area contributed by atoms with E-state index in [-0.39, 0.29) is 0 Å². The van der Waals surface area contributed by atoms with Gasteiger partial charge in [-0.15, -0.1) is 0 Å². The number of nitrogens with one attached hydrogen (secondary N) is 2. The smallest absolute Gasteiger partial charge is 0.127 e. The Kier molecular flexibility index (Phi) is 4.19. The summed E-state index contributed by atoms with van der Waals surface area (Å²) >= 11 is 0. The summed E-state index contributed by atoms with van der Waals surface area (Å²) in [6, 6.07) is 9.59. The Hall–Kier alpha value is -0.860. The van der Waals surface area contributed by atoms with E-state index in [1.54, 1.807) is 9.80 Å². The second kappa shape index (κ2) is 5.65. The molecule has 2 nitrogen and oxygen atoms in total. The Morgan fingerprint density at radius 1 is 1.06 bits per heavy atom. The molecule has 0 spiro atoms. The third kappa shape index (κ3) is 3.30. The van der Waals surface area contributed by atoms with Gasteiger partial charge in [0, 0.05) is 5.56 Å². The van der Waals surface area contributed by atoms with Crippen molar-refractivity contribution in [2.75, 3.05) is 26.2 Å². The maximum absolute atomic E-state index is 2.33. The van der Waals surface area contributed by atoms with Gasteiger partial charge >= 0.3 is 0 Å². The molecule has 0 aromatic heterocycles. The Morgan fingerprint density at radius 3 is 2.29 bits per heavy atom. The second-order valence-electron chi connectivity index (χ2n) is 5.67. The molecule has 0 amide bonds. The van der Waals surface area contributed by atoms with E-state index in [0.29, 0.717) is 0 Å². The number of benzene rings is 1. The van der Waals surface area contributed by atoms with Gasteiger partial charge in [0.25, 0.3) is 0 Å². The standard InChI is InChI=1S/C15H24N2/c1-13(2)17-10-8-16(9-11-17)12-15-7-5-4-6-14(15)3/h4-7,13H,8-12H2,1-3H3/p+2. The first-order valence-corrected chi connectivity index (χ1v) is 6.89. The maximum atomic E-state index is 2.33. The van der Waals surface area contributed by atoms with Crippen LogP contribution in [0.25, 0.3) is 0 Å². The zero-order chi connectivity index (χ0) is 12.3. The van der Waals surface area contributed by atoms with E-state index < -0.39 is 0 Å². The Morgan fingerprint density at radius 2 is 1.71 bits per heavy atom. The average Bonchev–Trinajstić information content (AvgIpc) is 2.33. The van der Waals surface area contributed by atoms with E-state index in [0.717, 1.165) is 6.04 Å². The number of piperazine rings is 1. The lowest BCUT2D eigenvalue weighted by Crippen LogP contribution is -3.28. The van der Waals surface area contributed by atoms with Crippen LogP contribution in [-0.2, 0) is 6.54 Å². The van der Waals surface area contributed by atoms with Crippen molar-refractivity contribution in [3.63, 3.8) is 0 Å². The molecule has 94 valence electrons. The SMILES string of the molecule is Cc1ccccc1C[NH+]1CC[NH+](C(C)C)CC1. The van der Waals surface area contributed by atoms with Gasteiger partial charge in [0.1, 0.15) is 32.7 Å². The number of quaternary nitrogens is 2. The largest absolute Gasteiger partial charge is 0.324 e. The average molecular weight is 234 g/mol. The van der Waals surface area contributed by atoms with Crippen LogP contribution in [0.4, 0.5) is 0 Å². The van der Waals surface area contributed by atoms with Gasteiger partial charge < -0.3 is 9.80 Å². The van der Waals surface area contributed by atoms with Crippen LogP contribution < -0.4 is 9.80 Å². The van der Waals surface area contributed by atoms with Crippen LogP contribution in [-0.4, -0.2) is 32.2 Å². The molecular formula is C15H26N2+2. The van der Waals surface area contributed by atoms with Crippen molar-refractivity contribution in [1.29, 1.82) is 0 Å². The molecule has 2 heteroatoms. The molecule has 0 bridgehead atoms.